The maximum atomic E-state index is 9.90. The fourth-order valence-corrected chi connectivity index (χ4v) is 2.57. The highest BCUT2D eigenvalue weighted by molar-refractivity contribution is 5.14. The first-order valence-electron chi connectivity index (χ1n) is 6.98. The van der Waals surface area contributed by atoms with Gasteiger partial charge in [0.25, 0.3) is 0 Å². The first-order chi connectivity index (χ1) is 9.63. The molecule has 0 unspecified atom stereocenters. The van der Waals surface area contributed by atoms with Gasteiger partial charge in [0.05, 0.1) is 12.7 Å². The van der Waals surface area contributed by atoms with E-state index in [1.807, 2.05) is 30.3 Å². The molecule has 2 rings (SSSR count). The molecule has 0 aliphatic carbocycles. The first kappa shape index (κ1) is 15.4. The van der Waals surface area contributed by atoms with Crippen LogP contribution in [0.25, 0.3) is 0 Å². The Balaban J connectivity index is 1.85. The van der Waals surface area contributed by atoms with Gasteiger partial charge < -0.3 is 25.2 Å². The number of benzene rings is 1. The minimum atomic E-state index is -1.28. The number of aryl methyl sites for hydroxylation is 1. The summed E-state index contributed by atoms with van der Waals surface area (Å²) in [6.45, 7) is -0.375. The Kier molecular flexibility index (Phi) is 5.51. The zero-order valence-electron chi connectivity index (χ0n) is 11.3. The Labute approximate surface area is 118 Å². The third kappa shape index (κ3) is 3.56. The van der Waals surface area contributed by atoms with Gasteiger partial charge in [0.2, 0.25) is 0 Å². The van der Waals surface area contributed by atoms with E-state index in [0.717, 1.165) is 12.8 Å². The molecule has 1 aromatic rings. The largest absolute Gasteiger partial charge is 0.394 e. The molecule has 5 heteroatoms. The van der Waals surface area contributed by atoms with E-state index in [1.165, 1.54) is 5.56 Å². The van der Waals surface area contributed by atoms with Crippen LogP contribution < -0.4 is 0 Å². The van der Waals surface area contributed by atoms with Gasteiger partial charge in [-0.15, -0.1) is 0 Å². The van der Waals surface area contributed by atoms with E-state index >= 15 is 0 Å². The lowest BCUT2D eigenvalue weighted by atomic mass is 9.92. The zero-order chi connectivity index (χ0) is 14.5. The topological polar surface area (TPSA) is 90.2 Å². The van der Waals surface area contributed by atoms with Gasteiger partial charge in [-0.1, -0.05) is 30.3 Å². The van der Waals surface area contributed by atoms with E-state index in [1.54, 1.807) is 0 Å². The van der Waals surface area contributed by atoms with Crippen molar-refractivity contribution in [1.29, 1.82) is 0 Å². The number of aliphatic hydroxyl groups is 4. The lowest BCUT2D eigenvalue weighted by Crippen LogP contribution is -2.58. The van der Waals surface area contributed by atoms with Crippen LogP contribution >= 0.6 is 0 Å². The van der Waals surface area contributed by atoms with Crippen LogP contribution in [0, 0.1) is 0 Å². The van der Waals surface area contributed by atoms with Crippen LogP contribution in [-0.2, 0) is 11.2 Å². The molecule has 1 saturated heterocycles. The summed E-state index contributed by atoms with van der Waals surface area (Å²) in [4.78, 5) is 0. The summed E-state index contributed by atoms with van der Waals surface area (Å²) in [6, 6.07) is 9.98. The van der Waals surface area contributed by atoms with Crippen molar-refractivity contribution < 1.29 is 25.2 Å². The molecular weight excluding hydrogens is 260 g/mol. The quantitative estimate of drug-likeness (QED) is 0.603. The number of hydrogen-bond donors (Lipinski definition) is 4. The SMILES string of the molecule is OC[C@H]1O[C@@H](CCCc2ccccc2)[C@H](O)[C@@H](O)[C@@H]1O. The molecule has 1 aromatic carbocycles. The van der Waals surface area contributed by atoms with Crippen molar-refractivity contribution >= 4 is 0 Å². The molecule has 0 radical (unpaired) electrons. The predicted molar refractivity (Wildman–Crippen MR) is 73.1 cm³/mol. The van der Waals surface area contributed by atoms with Gasteiger partial charge in [-0.2, -0.15) is 0 Å². The summed E-state index contributed by atoms with van der Waals surface area (Å²) in [5.74, 6) is 0. The summed E-state index contributed by atoms with van der Waals surface area (Å²) in [7, 11) is 0. The number of ether oxygens (including phenoxy) is 1. The Morgan fingerprint density at radius 3 is 2.20 bits per heavy atom. The lowest BCUT2D eigenvalue weighted by molar-refractivity contribution is -0.230. The van der Waals surface area contributed by atoms with E-state index in [4.69, 9.17) is 9.84 Å². The van der Waals surface area contributed by atoms with Gasteiger partial charge in [-0.3, -0.25) is 0 Å². The van der Waals surface area contributed by atoms with Crippen molar-refractivity contribution in [2.24, 2.45) is 0 Å². The Hall–Kier alpha value is -0.980. The monoisotopic (exact) mass is 282 g/mol. The summed E-state index contributed by atoms with van der Waals surface area (Å²) in [5, 5.41) is 38.4. The van der Waals surface area contributed by atoms with Crippen LogP contribution in [0.15, 0.2) is 30.3 Å². The van der Waals surface area contributed by atoms with Crippen LogP contribution in [0.4, 0.5) is 0 Å². The van der Waals surface area contributed by atoms with Gasteiger partial charge in [-0.25, -0.2) is 0 Å². The van der Waals surface area contributed by atoms with Crippen molar-refractivity contribution in [3.8, 4) is 0 Å². The highest BCUT2D eigenvalue weighted by Gasteiger charge is 2.42. The lowest BCUT2D eigenvalue weighted by Gasteiger charge is -2.40. The van der Waals surface area contributed by atoms with Crippen LogP contribution in [0.2, 0.25) is 0 Å². The standard InChI is InChI=1S/C15H22O5/c16-9-12-14(18)15(19)13(17)11(20-12)8-4-7-10-5-2-1-3-6-10/h1-3,5-6,11-19H,4,7-9H2/t11-,12+,13-,14+,15+/m0/s1. The Bertz CT molecular complexity index is 395. The Morgan fingerprint density at radius 1 is 0.900 bits per heavy atom. The fraction of sp³-hybridized carbons (Fsp3) is 0.600. The molecule has 0 saturated carbocycles. The molecule has 5 nitrogen and oxygen atoms in total. The highest BCUT2D eigenvalue weighted by atomic mass is 16.5. The second kappa shape index (κ2) is 7.15. The molecular formula is C15H22O5. The molecule has 4 N–H and O–H groups in total. The van der Waals surface area contributed by atoms with Crippen LogP contribution in [-0.4, -0.2) is 57.6 Å². The number of aliphatic hydroxyl groups excluding tert-OH is 4. The van der Waals surface area contributed by atoms with Crippen molar-refractivity contribution in [3.63, 3.8) is 0 Å². The molecule has 0 spiro atoms. The molecule has 0 amide bonds. The molecule has 1 heterocycles. The summed E-state index contributed by atoms with van der Waals surface area (Å²) >= 11 is 0. The molecule has 1 fully saturated rings. The minimum Gasteiger partial charge on any atom is -0.394 e. The summed E-state index contributed by atoms with van der Waals surface area (Å²) < 4.78 is 5.46. The summed E-state index contributed by atoms with van der Waals surface area (Å²) in [6.07, 6.45) is -2.82. The van der Waals surface area contributed by atoms with Gasteiger partial charge in [0.1, 0.15) is 24.4 Å². The minimum absolute atomic E-state index is 0.375. The van der Waals surface area contributed by atoms with Crippen molar-refractivity contribution in [3.05, 3.63) is 35.9 Å². The Morgan fingerprint density at radius 2 is 1.55 bits per heavy atom. The van der Waals surface area contributed by atoms with Gasteiger partial charge in [0, 0.05) is 0 Å². The first-order valence-corrected chi connectivity index (χ1v) is 6.98. The second-order valence-corrected chi connectivity index (χ2v) is 5.25. The smallest absolute Gasteiger partial charge is 0.111 e. The second-order valence-electron chi connectivity index (χ2n) is 5.25. The third-order valence-electron chi connectivity index (χ3n) is 3.79. The van der Waals surface area contributed by atoms with Crippen LogP contribution in [0.5, 0.6) is 0 Å². The average Bonchev–Trinajstić information content (AvgIpc) is 2.48. The van der Waals surface area contributed by atoms with Crippen molar-refractivity contribution in [1.82, 2.24) is 0 Å². The molecule has 20 heavy (non-hydrogen) atoms. The van der Waals surface area contributed by atoms with Crippen molar-refractivity contribution in [2.75, 3.05) is 6.61 Å². The maximum absolute atomic E-state index is 9.90. The van der Waals surface area contributed by atoms with Gasteiger partial charge in [0.15, 0.2) is 0 Å². The summed E-state index contributed by atoms with van der Waals surface area (Å²) in [5.41, 5.74) is 1.21. The number of rotatable bonds is 5. The molecule has 112 valence electrons. The normalized spacial score (nSPS) is 34.1. The third-order valence-corrected chi connectivity index (χ3v) is 3.79. The van der Waals surface area contributed by atoms with Crippen LogP contribution in [0.1, 0.15) is 18.4 Å². The molecule has 0 bridgehead atoms. The van der Waals surface area contributed by atoms with Crippen LogP contribution in [0.3, 0.4) is 0 Å². The molecule has 1 aliphatic rings. The van der Waals surface area contributed by atoms with Gasteiger partial charge >= 0.3 is 0 Å². The van der Waals surface area contributed by atoms with E-state index in [9.17, 15) is 15.3 Å². The molecule has 5 atom stereocenters. The van der Waals surface area contributed by atoms with E-state index in [-0.39, 0.29) is 6.61 Å². The molecule has 0 aromatic heterocycles. The number of hydrogen-bond acceptors (Lipinski definition) is 5. The van der Waals surface area contributed by atoms with E-state index < -0.39 is 30.5 Å². The predicted octanol–water partition coefficient (Wildman–Crippen LogP) is -0.148. The van der Waals surface area contributed by atoms with Crippen molar-refractivity contribution in [2.45, 2.75) is 49.8 Å². The average molecular weight is 282 g/mol. The van der Waals surface area contributed by atoms with Gasteiger partial charge in [-0.05, 0) is 24.8 Å². The fourth-order valence-electron chi connectivity index (χ4n) is 2.57. The zero-order valence-corrected chi connectivity index (χ0v) is 11.3. The van der Waals surface area contributed by atoms with E-state index in [0.29, 0.717) is 6.42 Å². The highest BCUT2D eigenvalue weighted by Crippen LogP contribution is 2.24. The maximum Gasteiger partial charge on any atom is 0.111 e. The van der Waals surface area contributed by atoms with E-state index in [2.05, 4.69) is 0 Å². The molecule has 1 aliphatic heterocycles.